The fourth-order valence-electron chi connectivity index (χ4n) is 4.59. The summed E-state index contributed by atoms with van der Waals surface area (Å²) in [6, 6.07) is 13.9. The van der Waals surface area contributed by atoms with Crippen LogP contribution in [0.3, 0.4) is 0 Å². The minimum absolute atomic E-state index is 0.0509. The highest BCUT2D eigenvalue weighted by Gasteiger charge is 2.21. The highest BCUT2D eigenvalue weighted by Crippen LogP contribution is 2.32. The molecular formula is C27H33N3O4. The zero-order valence-electron chi connectivity index (χ0n) is 20.1. The molecule has 1 fully saturated rings. The van der Waals surface area contributed by atoms with Gasteiger partial charge < -0.3 is 23.5 Å². The largest absolute Gasteiger partial charge is 0.496 e. The summed E-state index contributed by atoms with van der Waals surface area (Å²) in [5, 5.41) is 16.1. The lowest BCUT2D eigenvalue weighted by atomic mass is 9.88. The number of nitrogens with zero attached hydrogens (tertiary/aromatic N) is 1. The van der Waals surface area contributed by atoms with Crippen LogP contribution in [0, 0.1) is 17.7 Å². The van der Waals surface area contributed by atoms with Crippen molar-refractivity contribution in [1.82, 2.24) is 4.90 Å². The number of methoxy groups -OCH3 is 1. The first kappa shape index (κ1) is 23.8. The predicted molar refractivity (Wildman–Crippen MR) is 134 cm³/mol. The topological polar surface area (TPSA) is 91.8 Å². The molecule has 0 amide bonds. The van der Waals surface area contributed by atoms with Gasteiger partial charge in [-0.05, 0) is 74.5 Å². The number of aryl methyl sites for hydroxylation is 1. The van der Waals surface area contributed by atoms with E-state index in [1.54, 1.807) is 13.2 Å². The second-order valence-electron chi connectivity index (χ2n) is 8.81. The smallest absolute Gasteiger partial charge is 0.256 e. The predicted octanol–water partition coefficient (Wildman–Crippen LogP) is 5.74. The minimum Gasteiger partial charge on any atom is -0.496 e. The Balaban J connectivity index is 1.25. The molecule has 1 aliphatic rings. The molecule has 0 bridgehead atoms. The second kappa shape index (κ2) is 10.7. The molecule has 0 spiro atoms. The maximum Gasteiger partial charge on any atom is 0.256 e. The van der Waals surface area contributed by atoms with E-state index in [4.69, 9.17) is 29.4 Å². The molecule has 180 valence electrons. The highest BCUT2D eigenvalue weighted by molar-refractivity contribution is 6.00. The van der Waals surface area contributed by atoms with Crippen LogP contribution in [0.2, 0.25) is 0 Å². The van der Waals surface area contributed by atoms with E-state index < -0.39 is 0 Å². The molecular weight excluding hydrogens is 430 g/mol. The monoisotopic (exact) mass is 463 g/mol. The number of hydrogen-bond acceptors (Lipinski definition) is 7. The van der Waals surface area contributed by atoms with Gasteiger partial charge in [-0.25, -0.2) is 0 Å². The van der Waals surface area contributed by atoms with Crippen LogP contribution in [-0.4, -0.2) is 50.0 Å². The van der Waals surface area contributed by atoms with Crippen LogP contribution in [0.25, 0.3) is 11.0 Å². The molecule has 0 aliphatic carbocycles. The lowest BCUT2D eigenvalue weighted by Gasteiger charge is -2.32. The number of fused-ring (bicyclic) bond motifs is 1. The molecule has 1 saturated heterocycles. The average Bonchev–Trinajstić information content (AvgIpc) is 3.27. The minimum atomic E-state index is -0.178. The second-order valence-corrected chi connectivity index (χ2v) is 8.81. The van der Waals surface area contributed by atoms with Gasteiger partial charge in [-0.15, -0.1) is 0 Å². The fourth-order valence-corrected chi connectivity index (χ4v) is 4.59. The Morgan fingerprint density at radius 1 is 1.09 bits per heavy atom. The summed E-state index contributed by atoms with van der Waals surface area (Å²) < 4.78 is 22.2. The maximum absolute atomic E-state index is 7.93. The van der Waals surface area contributed by atoms with E-state index in [2.05, 4.69) is 30.0 Å². The Morgan fingerprint density at radius 2 is 1.88 bits per heavy atom. The zero-order chi connectivity index (χ0) is 24.1. The van der Waals surface area contributed by atoms with Gasteiger partial charge in [-0.2, -0.15) is 0 Å². The maximum atomic E-state index is 7.93. The summed E-state index contributed by atoms with van der Waals surface area (Å²) in [6.45, 7) is 7.42. The number of furan rings is 1. The molecule has 0 unspecified atom stereocenters. The standard InChI is InChI=1S/C27H33N3O4/c1-18-16-21(8-9-23(18)31-3)20-10-13-30(14-11-20)12-5-15-32-24-6-4-7-25-22(24)17-26(34-25)27(29)33-19(2)28/h4,6-9,16-17,20,28-29H,5,10-15H2,1-3H3. The lowest BCUT2D eigenvalue weighted by molar-refractivity contribution is 0.193. The van der Waals surface area contributed by atoms with Gasteiger partial charge in [-0.1, -0.05) is 18.2 Å². The Bertz CT molecular complexity index is 1160. The lowest BCUT2D eigenvalue weighted by Crippen LogP contribution is -2.34. The Labute approximate surface area is 200 Å². The quantitative estimate of drug-likeness (QED) is 0.253. The molecule has 1 aliphatic heterocycles. The van der Waals surface area contributed by atoms with Gasteiger partial charge in [0, 0.05) is 19.5 Å². The van der Waals surface area contributed by atoms with Gasteiger partial charge in [-0.3, -0.25) is 10.8 Å². The third-order valence-corrected chi connectivity index (χ3v) is 6.35. The number of nitrogens with one attached hydrogen (secondary N) is 2. The van der Waals surface area contributed by atoms with Gasteiger partial charge in [0.15, 0.2) is 11.7 Å². The van der Waals surface area contributed by atoms with Crippen LogP contribution in [0.5, 0.6) is 11.5 Å². The van der Waals surface area contributed by atoms with Crippen LogP contribution in [0.4, 0.5) is 0 Å². The summed E-state index contributed by atoms with van der Waals surface area (Å²) in [5.74, 6) is 2.36. The number of hydrogen-bond donors (Lipinski definition) is 2. The van der Waals surface area contributed by atoms with Crippen LogP contribution < -0.4 is 9.47 Å². The summed E-state index contributed by atoms with van der Waals surface area (Å²) in [5.41, 5.74) is 3.26. The number of piperidine rings is 1. The van der Waals surface area contributed by atoms with E-state index in [1.807, 2.05) is 18.2 Å². The van der Waals surface area contributed by atoms with Crippen molar-refractivity contribution in [2.45, 2.75) is 39.0 Å². The van der Waals surface area contributed by atoms with Crippen molar-refractivity contribution >= 4 is 22.8 Å². The van der Waals surface area contributed by atoms with E-state index in [-0.39, 0.29) is 17.6 Å². The van der Waals surface area contributed by atoms with Crippen molar-refractivity contribution in [2.24, 2.45) is 0 Å². The van der Waals surface area contributed by atoms with Crippen LogP contribution in [0.1, 0.15) is 49.0 Å². The molecule has 2 aromatic carbocycles. The van der Waals surface area contributed by atoms with Gasteiger partial charge in [0.1, 0.15) is 17.1 Å². The molecule has 3 aromatic rings. The summed E-state index contributed by atoms with van der Waals surface area (Å²) in [6.07, 6.45) is 3.29. The van der Waals surface area contributed by atoms with Gasteiger partial charge in [0.2, 0.25) is 0 Å². The molecule has 4 rings (SSSR count). The molecule has 0 atom stereocenters. The highest BCUT2D eigenvalue weighted by atomic mass is 16.5. The van der Waals surface area contributed by atoms with E-state index in [9.17, 15) is 0 Å². The first-order valence-corrected chi connectivity index (χ1v) is 11.8. The van der Waals surface area contributed by atoms with Crippen LogP contribution in [0.15, 0.2) is 46.9 Å². The molecule has 7 nitrogen and oxygen atoms in total. The van der Waals surface area contributed by atoms with Crippen molar-refractivity contribution < 1.29 is 18.6 Å². The molecule has 0 radical (unpaired) electrons. The fraction of sp³-hybridized carbons (Fsp3) is 0.407. The average molecular weight is 464 g/mol. The van der Waals surface area contributed by atoms with E-state index in [1.165, 1.54) is 30.9 Å². The van der Waals surface area contributed by atoms with Crippen LogP contribution in [-0.2, 0) is 4.74 Å². The van der Waals surface area contributed by atoms with Crippen molar-refractivity contribution in [3.63, 3.8) is 0 Å². The van der Waals surface area contributed by atoms with Crippen LogP contribution >= 0.6 is 0 Å². The molecule has 34 heavy (non-hydrogen) atoms. The summed E-state index contributed by atoms with van der Waals surface area (Å²) in [4.78, 5) is 2.52. The Morgan fingerprint density at radius 3 is 2.59 bits per heavy atom. The number of ether oxygens (including phenoxy) is 3. The van der Waals surface area contributed by atoms with E-state index in [0.29, 0.717) is 18.1 Å². The van der Waals surface area contributed by atoms with Crippen molar-refractivity contribution in [1.29, 1.82) is 10.8 Å². The van der Waals surface area contributed by atoms with Gasteiger partial charge in [0.05, 0.1) is 19.1 Å². The number of rotatable bonds is 8. The van der Waals surface area contributed by atoms with Crippen molar-refractivity contribution in [3.05, 3.63) is 59.4 Å². The third-order valence-electron chi connectivity index (χ3n) is 6.35. The van der Waals surface area contributed by atoms with E-state index >= 15 is 0 Å². The molecule has 2 N–H and O–H groups in total. The van der Waals surface area contributed by atoms with Gasteiger partial charge >= 0.3 is 0 Å². The normalized spacial score (nSPS) is 14.8. The third kappa shape index (κ3) is 5.59. The van der Waals surface area contributed by atoms with Gasteiger partial charge in [0.25, 0.3) is 5.90 Å². The first-order chi connectivity index (χ1) is 16.4. The van der Waals surface area contributed by atoms with E-state index in [0.717, 1.165) is 42.9 Å². The Hall–Kier alpha value is -3.32. The molecule has 0 saturated carbocycles. The molecule has 1 aromatic heterocycles. The Kier molecular flexibility index (Phi) is 7.53. The number of benzene rings is 2. The SMILES string of the molecule is COc1ccc(C2CCN(CCCOc3cccc4oc(C(=N)OC(C)=N)cc34)CC2)cc1C. The molecule has 2 heterocycles. The van der Waals surface area contributed by atoms with Crippen molar-refractivity contribution in [2.75, 3.05) is 33.4 Å². The number of likely N-dealkylation sites (tertiary alicyclic amines) is 1. The molecule has 7 heteroatoms. The zero-order valence-corrected chi connectivity index (χ0v) is 20.1. The summed E-state index contributed by atoms with van der Waals surface area (Å²) in [7, 11) is 1.72. The summed E-state index contributed by atoms with van der Waals surface area (Å²) >= 11 is 0. The van der Waals surface area contributed by atoms with Crippen molar-refractivity contribution in [3.8, 4) is 11.5 Å². The first-order valence-electron chi connectivity index (χ1n) is 11.8.